The van der Waals surface area contributed by atoms with Gasteiger partial charge in [0.1, 0.15) is 17.4 Å². The summed E-state index contributed by atoms with van der Waals surface area (Å²) in [5, 5.41) is 6.45. The maximum absolute atomic E-state index is 5.67. The lowest BCUT2D eigenvalue weighted by molar-refractivity contribution is 0.309. The lowest BCUT2D eigenvalue weighted by Crippen LogP contribution is -2.27. The van der Waals surface area contributed by atoms with Crippen molar-refractivity contribution in [1.82, 2.24) is 10.3 Å². The maximum Gasteiger partial charge on any atom is 0.123 e. The van der Waals surface area contributed by atoms with E-state index in [0.717, 1.165) is 28.6 Å². The minimum absolute atomic E-state index is 0.499. The molecular formula is C15H20N2OS. The van der Waals surface area contributed by atoms with E-state index in [4.69, 9.17) is 4.74 Å². The van der Waals surface area contributed by atoms with Crippen molar-refractivity contribution in [2.45, 2.75) is 26.8 Å². The zero-order valence-electron chi connectivity index (χ0n) is 11.6. The van der Waals surface area contributed by atoms with E-state index in [0.29, 0.717) is 12.6 Å². The predicted octanol–water partition coefficient (Wildman–Crippen LogP) is 3.50. The Hall–Kier alpha value is -1.39. The first-order valence-corrected chi connectivity index (χ1v) is 7.42. The monoisotopic (exact) mass is 276 g/mol. The summed E-state index contributed by atoms with van der Waals surface area (Å²) in [6.07, 6.45) is 0. The summed E-state index contributed by atoms with van der Waals surface area (Å²) in [6.45, 7) is 7.83. The minimum Gasteiger partial charge on any atom is -0.492 e. The van der Waals surface area contributed by atoms with Crippen LogP contribution in [0.3, 0.4) is 0 Å². The smallest absolute Gasteiger partial charge is 0.123 e. The molecule has 0 bridgehead atoms. The molecule has 1 aromatic carbocycles. The molecule has 1 aromatic heterocycles. The van der Waals surface area contributed by atoms with Gasteiger partial charge in [-0.1, -0.05) is 13.8 Å². The second kappa shape index (κ2) is 6.68. The number of nitrogens with zero attached hydrogens (tertiary/aromatic N) is 1. The van der Waals surface area contributed by atoms with Crippen LogP contribution < -0.4 is 10.1 Å². The van der Waals surface area contributed by atoms with Crippen LogP contribution in [-0.4, -0.2) is 24.2 Å². The largest absolute Gasteiger partial charge is 0.492 e. The van der Waals surface area contributed by atoms with E-state index in [1.165, 1.54) is 0 Å². The fourth-order valence-electron chi connectivity index (χ4n) is 1.70. The number of aromatic nitrogens is 1. The Bertz CT molecular complexity index is 505. The third-order valence-electron chi connectivity index (χ3n) is 2.64. The van der Waals surface area contributed by atoms with Gasteiger partial charge < -0.3 is 10.1 Å². The van der Waals surface area contributed by atoms with E-state index in [-0.39, 0.29) is 0 Å². The van der Waals surface area contributed by atoms with E-state index in [9.17, 15) is 0 Å². The molecule has 102 valence electrons. The Labute approximate surface area is 118 Å². The van der Waals surface area contributed by atoms with Crippen molar-refractivity contribution < 1.29 is 4.74 Å². The molecule has 0 saturated heterocycles. The second-order valence-corrected chi connectivity index (χ2v) is 5.63. The van der Waals surface area contributed by atoms with Gasteiger partial charge in [0, 0.05) is 29.2 Å². The van der Waals surface area contributed by atoms with Crippen molar-refractivity contribution in [3.63, 3.8) is 0 Å². The van der Waals surface area contributed by atoms with Gasteiger partial charge in [0.15, 0.2) is 0 Å². The average Bonchev–Trinajstić information content (AvgIpc) is 2.82. The van der Waals surface area contributed by atoms with Crippen LogP contribution in [0, 0.1) is 6.92 Å². The highest BCUT2D eigenvalue weighted by molar-refractivity contribution is 7.13. The molecular weight excluding hydrogens is 256 g/mol. The molecule has 0 atom stereocenters. The van der Waals surface area contributed by atoms with Gasteiger partial charge in [-0.2, -0.15) is 0 Å². The van der Waals surface area contributed by atoms with E-state index in [1.54, 1.807) is 11.3 Å². The Morgan fingerprint density at radius 3 is 2.58 bits per heavy atom. The van der Waals surface area contributed by atoms with Crippen molar-refractivity contribution in [2.24, 2.45) is 0 Å². The molecule has 0 aliphatic rings. The number of rotatable bonds is 6. The first kappa shape index (κ1) is 14.0. The molecule has 2 aromatic rings. The number of thiazole rings is 1. The van der Waals surface area contributed by atoms with Crippen molar-refractivity contribution >= 4 is 11.3 Å². The predicted molar refractivity (Wildman–Crippen MR) is 80.9 cm³/mol. The molecule has 0 aliphatic heterocycles. The third kappa shape index (κ3) is 4.33. The van der Waals surface area contributed by atoms with Crippen LogP contribution in [0.5, 0.6) is 5.75 Å². The molecule has 4 heteroatoms. The number of hydrogen-bond acceptors (Lipinski definition) is 4. The van der Waals surface area contributed by atoms with Gasteiger partial charge >= 0.3 is 0 Å². The molecule has 0 amide bonds. The van der Waals surface area contributed by atoms with Crippen LogP contribution in [0.15, 0.2) is 29.6 Å². The summed E-state index contributed by atoms with van der Waals surface area (Å²) < 4.78 is 5.67. The van der Waals surface area contributed by atoms with Crippen LogP contribution in [0.25, 0.3) is 10.6 Å². The van der Waals surface area contributed by atoms with Gasteiger partial charge in [-0.25, -0.2) is 4.98 Å². The van der Waals surface area contributed by atoms with Crippen molar-refractivity contribution in [1.29, 1.82) is 0 Å². The molecule has 2 rings (SSSR count). The molecule has 1 heterocycles. The SMILES string of the molecule is Cc1csc(-c2ccc(OCCNC(C)C)cc2)n1. The number of aryl methyl sites for hydroxylation is 1. The first-order valence-electron chi connectivity index (χ1n) is 6.54. The molecule has 0 saturated carbocycles. The Morgan fingerprint density at radius 1 is 1.26 bits per heavy atom. The van der Waals surface area contributed by atoms with E-state index in [2.05, 4.69) is 41.7 Å². The molecule has 1 N–H and O–H groups in total. The van der Waals surface area contributed by atoms with Crippen LogP contribution >= 0.6 is 11.3 Å². The van der Waals surface area contributed by atoms with E-state index < -0.39 is 0 Å². The molecule has 0 aliphatic carbocycles. The molecule has 0 fully saturated rings. The summed E-state index contributed by atoms with van der Waals surface area (Å²) in [5.41, 5.74) is 2.21. The van der Waals surface area contributed by atoms with Crippen molar-refractivity contribution in [3.8, 4) is 16.3 Å². The molecule has 3 nitrogen and oxygen atoms in total. The van der Waals surface area contributed by atoms with Crippen molar-refractivity contribution in [3.05, 3.63) is 35.3 Å². The minimum atomic E-state index is 0.499. The number of nitrogens with one attached hydrogen (secondary N) is 1. The zero-order chi connectivity index (χ0) is 13.7. The van der Waals surface area contributed by atoms with Crippen LogP contribution in [0.1, 0.15) is 19.5 Å². The van der Waals surface area contributed by atoms with Crippen LogP contribution in [0.2, 0.25) is 0 Å². The molecule has 0 spiro atoms. The summed E-state index contributed by atoms with van der Waals surface area (Å²) in [5.74, 6) is 0.905. The quantitative estimate of drug-likeness (QED) is 0.820. The Balaban J connectivity index is 1.88. The summed E-state index contributed by atoms with van der Waals surface area (Å²) in [7, 11) is 0. The van der Waals surface area contributed by atoms with E-state index >= 15 is 0 Å². The Morgan fingerprint density at radius 2 is 2.00 bits per heavy atom. The van der Waals surface area contributed by atoms with E-state index in [1.807, 2.05) is 19.1 Å². The summed E-state index contributed by atoms with van der Waals surface area (Å²) in [6, 6.07) is 8.62. The normalized spacial score (nSPS) is 10.9. The third-order valence-corrected chi connectivity index (χ3v) is 3.65. The number of ether oxygens (including phenoxy) is 1. The molecule has 0 radical (unpaired) electrons. The Kier molecular flexibility index (Phi) is 4.93. The standard InChI is InChI=1S/C15H20N2OS/c1-11(2)16-8-9-18-14-6-4-13(5-7-14)15-17-12(3)10-19-15/h4-7,10-11,16H,8-9H2,1-3H3. The fraction of sp³-hybridized carbons (Fsp3) is 0.400. The van der Waals surface area contributed by atoms with Gasteiger partial charge in [0.25, 0.3) is 0 Å². The first-order chi connectivity index (χ1) is 9.15. The number of benzene rings is 1. The highest BCUT2D eigenvalue weighted by Gasteiger charge is 2.02. The zero-order valence-corrected chi connectivity index (χ0v) is 12.5. The summed E-state index contributed by atoms with van der Waals surface area (Å²) in [4.78, 5) is 4.47. The van der Waals surface area contributed by atoms with Gasteiger partial charge in [-0.3, -0.25) is 0 Å². The van der Waals surface area contributed by atoms with Gasteiger partial charge in [-0.05, 0) is 31.2 Å². The topological polar surface area (TPSA) is 34.1 Å². The average molecular weight is 276 g/mol. The van der Waals surface area contributed by atoms with Crippen molar-refractivity contribution in [2.75, 3.05) is 13.2 Å². The molecule has 19 heavy (non-hydrogen) atoms. The highest BCUT2D eigenvalue weighted by atomic mass is 32.1. The molecule has 0 unspecified atom stereocenters. The lowest BCUT2D eigenvalue weighted by atomic mass is 10.2. The van der Waals surface area contributed by atoms with Crippen LogP contribution in [-0.2, 0) is 0 Å². The summed E-state index contributed by atoms with van der Waals surface area (Å²) >= 11 is 1.67. The maximum atomic E-state index is 5.67. The van der Waals surface area contributed by atoms with Gasteiger partial charge in [-0.15, -0.1) is 11.3 Å². The highest BCUT2D eigenvalue weighted by Crippen LogP contribution is 2.25. The number of hydrogen-bond donors (Lipinski definition) is 1. The van der Waals surface area contributed by atoms with Gasteiger partial charge in [0.05, 0.1) is 0 Å². The lowest BCUT2D eigenvalue weighted by Gasteiger charge is -2.09. The van der Waals surface area contributed by atoms with Gasteiger partial charge in [0.2, 0.25) is 0 Å². The fourth-order valence-corrected chi connectivity index (χ4v) is 2.50. The van der Waals surface area contributed by atoms with Crippen LogP contribution in [0.4, 0.5) is 0 Å². The second-order valence-electron chi connectivity index (χ2n) is 4.78.